The maximum Gasteiger partial charge on any atom is 0.255 e. The number of aliphatic hydroxyl groups excluding tert-OH is 1. The zero-order chi connectivity index (χ0) is 16.4. The van der Waals surface area contributed by atoms with E-state index >= 15 is 0 Å². The zero-order valence-electron chi connectivity index (χ0n) is 12.9. The van der Waals surface area contributed by atoms with Gasteiger partial charge < -0.3 is 10.0 Å². The summed E-state index contributed by atoms with van der Waals surface area (Å²) in [6.45, 7) is 2.64. The fourth-order valence-electron chi connectivity index (χ4n) is 3.10. The lowest BCUT2D eigenvalue weighted by Crippen LogP contribution is -2.45. The van der Waals surface area contributed by atoms with E-state index in [2.05, 4.69) is 4.98 Å². The highest BCUT2D eigenvalue weighted by Crippen LogP contribution is 2.29. The number of rotatable bonds is 2. The predicted molar refractivity (Wildman–Crippen MR) is 84.6 cm³/mol. The van der Waals surface area contributed by atoms with E-state index < -0.39 is 6.10 Å². The third-order valence-electron chi connectivity index (χ3n) is 4.40. The lowest BCUT2D eigenvalue weighted by molar-refractivity contribution is 0.0381. The largest absolute Gasteiger partial charge is 0.391 e. The highest BCUT2D eigenvalue weighted by molar-refractivity contribution is 5.95. The smallest absolute Gasteiger partial charge is 0.255 e. The molecule has 23 heavy (non-hydrogen) atoms. The number of benzene rings is 1. The number of hydrogen-bond acceptors (Lipinski definition) is 3. The molecule has 4 nitrogen and oxygen atoms in total. The average molecular weight is 314 g/mol. The number of carbonyl (C=O) groups excluding carboxylic acids is 1. The molecule has 120 valence electrons. The van der Waals surface area contributed by atoms with Crippen LogP contribution in [0.3, 0.4) is 0 Å². The van der Waals surface area contributed by atoms with Gasteiger partial charge in [-0.1, -0.05) is 12.1 Å². The third-order valence-corrected chi connectivity index (χ3v) is 4.40. The zero-order valence-corrected chi connectivity index (χ0v) is 12.9. The first-order valence-electron chi connectivity index (χ1n) is 7.70. The number of aromatic nitrogens is 1. The molecule has 2 atom stereocenters. The molecular weight excluding hydrogens is 295 g/mol. The van der Waals surface area contributed by atoms with Crippen LogP contribution in [-0.2, 0) is 0 Å². The van der Waals surface area contributed by atoms with Crippen LogP contribution in [0.4, 0.5) is 4.39 Å². The third kappa shape index (κ3) is 3.24. The molecule has 2 aromatic rings. The highest BCUT2D eigenvalue weighted by Gasteiger charge is 2.32. The first-order chi connectivity index (χ1) is 11.1. The Labute approximate surface area is 134 Å². The van der Waals surface area contributed by atoms with Gasteiger partial charge in [-0.15, -0.1) is 0 Å². The van der Waals surface area contributed by atoms with E-state index in [0.717, 1.165) is 5.56 Å². The van der Waals surface area contributed by atoms with Crippen LogP contribution >= 0.6 is 0 Å². The lowest BCUT2D eigenvalue weighted by Gasteiger charge is -2.36. The van der Waals surface area contributed by atoms with Gasteiger partial charge in [-0.25, -0.2) is 4.39 Å². The number of pyridine rings is 1. The number of aliphatic hydroxyl groups is 1. The molecule has 2 heterocycles. The number of carbonyl (C=O) groups is 1. The Hall–Kier alpha value is -2.27. The van der Waals surface area contributed by atoms with Gasteiger partial charge in [0.15, 0.2) is 0 Å². The second-order valence-corrected chi connectivity index (χ2v) is 5.90. The Bertz CT molecular complexity index is 702. The van der Waals surface area contributed by atoms with Crippen LogP contribution < -0.4 is 0 Å². The van der Waals surface area contributed by atoms with Crippen molar-refractivity contribution in [2.45, 2.75) is 25.4 Å². The van der Waals surface area contributed by atoms with Crippen molar-refractivity contribution in [3.8, 4) is 0 Å². The van der Waals surface area contributed by atoms with Crippen molar-refractivity contribution >= 4 is 5.91 Å². The Morgan fingerprint density at radius 3 is 2.70 bits per heavy atom. The van der Waals surface area contributed by atoms with Crippen LogP contribution in [0.1, 0.15) is 34.0 Å². The molecular formula is C18H19FN2O2. The van der Waals surface area contributed by atoms with Gasteiger partial charge in [-0.2, -0.15) is 0 Å². The Balaban J connectivity index is 1.72. The molecule has 0 radical (unpaired) electrons. The van der Waals surface area contributed by atoms with E-state index in [9.17, 15) is 14.3 Å². The summed E-state index contributed by atoms with van der Waals surface area (Å²) in [6, 6.07) is 9.69. The van der Waals surface area contributed by atoms with E-state index in [-0.39, 0.29) is 24.2 Å². The van der Waals surface area contributed by atoms with E-state index in [1.165, 1.54) is 12.1 Å². The summed E-state index contributed by atoms with van der Waals surface area (Å²) in [5.74, 6) is -0.468. The van der Waals surface area contributed by atoms with E-state index in [1.54, 1.807) is 42.3 Å². The van der Waals surface area contributed by atoms with Crippen molar-refractivity contribution in [1.29, 1.82) is 0 Å². The summed E-state index contributed by atoms with van der Waals surface area (Å²) in [5, 5.41) is 10.4. The summed E-state index contributed by atoms with van der Waals surface area (Å²) in [7, 11) is 0. The molecule has 1 aromatic carbocycles. The second kappa shape index (κ2) is 6.46. The monoisotopic (exact) mass is 314 g/mol. The number of amides is 1. The summed E-state index contributed by atoms with van der Waals surface area (Å²) < 4.78 is 13.0. The molecule has 1 fully saturated rings. The Morgan fingerprint density at radius 2 is 2.04 bits per heavy atom. The first-order valence-corrected chi connectivity index (χ1v) is 7.70. The van der Waals surface area contributed by atoms with Gasteiger partial charge in [0.1, 0.15) is 5.82 Å². The van der Waals surface area contributed by atoms with Gasteiger partial charge in [0.05, 0.1) is 11.7 Å². The summed E-state index contributed by atoms with van der Waals surface area (Å²) in [5.41, 5.74) is 2.16. The minimum atomic E-state index is -0.657. The normalized spacial score (nSPS) is 21.3. The van der Waals surface area contributed by atoms with Gasteiger partial charge in [0, 0.05) is 30.9 Å². The molecule has 1 aliphatic rings. The topological polar surface area (TPSA) is 53.4 Å². The standard InChI is InChI=1S/C18H19FN2O2/c1-12-15(3-2-9-20-12)18(23)21-10-8-16(17(22)11-21)13-4-6-14(19)7-5-13/h2-7,9,16-17,22H,8,10-11H2,1H3/t16-,17+/m0/s1. The van der Waals surface area contributed by atoms with Crippen molar-refractivity contribution < 1.29 is 14.3 Å². The average Bonchev–Trinajstić information content (AvgIpc) is 2.55. The van der Waals surface area contributed by atoms with Gasteiger partial charge in [0.25, 0.3) is 5.91 Å². The minimum absolute atomic E-state index is 0.0744. The number of halogens is 1. The quantitative estimate of drug-likeness (QED) is 0.927. The van der Waals surface area contributed by atoms with Gasteiger partial charge >= 0.3 is 0 Å². The predicted octanol–water partition coefficient (Wildman–Crippen LogP) is 2.52. The maximum absolute atomic E-state index is 13.0. The number of piperidine rings is 1. The minimum Gasteiger partial charge on any atom is -0.391 e. The fraction of sp³-hybridized carbons (Fsp3) is 0.333. The molecule has 1 saturated heterocycles. The number of hydrogen-bond donors (Lipinski definition) is 1. The van der Waals surface area contributed by atoms with Gasteiger partial charge in [-0.3, -0.25) is 9.78 Å². The van der Waals surface area contributed by atoms with Crippen LogP contribution in [-0.4, -0.2) is 40.1 Å². The molecule has 1 N–H and O–H groups in total. The SMILES string of the molecule is Cc1ncccc1C(=O)N1CC[C@@H](c2ccc(F)cc2)[C@H](O)C1. The molecule has 0 unspecified atom stereocenters. The van der Waals surface area contributed by atoms with Crippen molar-refractivity contribution in [3.05, 3.63) is 65.2 Å². The molecule has 0 aliphatic carbocycles. The number of aryl methyl sites for hydroxylation is 1. The Morgan fingerprint density at radius 1 is 1.30 bits per heavy atom. The number of β-amino-alcohol motifs (C(OH)–C–C–N with tert-alkyl or cyclic N) is 1. The van der Waals surface area contributed by atoms with Crippen molar-refractivity contribution in [3.63, 3.8) is 0 Å². The molecule has 5 heteroatoms. The van der Waals surface area contributed by atoms with E-state index in [4.69, 9.17) is 0 Å². The molecule has 0 spiro atoms. The van der Waals surface area contributed by atoms with Crippen LogP contribution in [0.15, 0.2) is 42.6 Å². The molecule has 3 rings (SSSR count). The second-order valence-electron chi connectivity index (χ2n) is 5.90. The van der Waals surface area contributed by atoms with Gasteiger partial charge in [-0.05, 0) is 43.2 Å². The Kier molecular flexibility index (Phi) is 4.39. The van der Waals surface area contributed by atoms with Crippen molar-refractivity contribution in [1.82, 2.24) is 9.88 Å². The number of nitrogens with zero attached hydrogens (tertiary/aromatic N) is 2. The van der Waals surface area contributed by atoms with Crippen LogP contribution in [0, 0.1) is 12.7 Å². The fourth-order valence-corrected chi connectivity index (χ4v) is 3.10. The van der Waals surface area contributed by atoms with Crippen LogP contribution in [0.5, 0.6) is 0 Å². The lowest BCUT2D eigenvalue weighted by atomic mass is 9.87. The molecule has 1 aliphatic heterocycles. The molecule has 0 saturated carbocycles. The molecule has 1 amide bonds. The van der Waals surface area contributed by atoms with Crippen LogP contribution in [0.25, 0.3) is 0 Å². The first kappa shape index (κ1) is 15.6. The van der Waals surface area contributed by atoms with Crippen LogP contribution in [0.2, 0.25) is 0 Å². The van der Waals surface area contributed by atoms with E-state index in [1.807, 2.05) is 0 Å². The summed E-state index contributed by atoms with van der Waals surface area (Å²) >= 11 is 0. The van der Waals surface area contributed by atoms with Crippen molar-refractivity contribution in [2.24, 2.45) is 0 Å². The maximum atomic E-state index is 13.0. The summed E-state index contributed by atoms with van der Waals surface area (Å²) in [6.07, 6.45) is 1.65. The van der Waals surface area contributed by atoms with Gasteiger partial charge in [0.2, 0.25) is 0 Å². The van der Waals surface area contributed by atoms with E-state index in [0.29, 0.717) is 24.2 Å². The molecule has 1 aromatic heterocycles. The number of likely N-dealkylation sites (tertiary alicyclic amines) is 1. The summed E-state index contributed by atoms with van der Waals surface area (Å²) in [4.78, 5) is 18.4. The van der Waals surface area contributed by atoms with Crippen molar-refractivity contribution in [2.75, 3.05) is 13.1 Å². The molecule has 0 bridgehead atoms. The highest BCUT2D eigenvalue weighted by atomic mass is 19.1.